The molecule has 1 aromatic heterocycles. The van der Waals surface area contributed by atoms with Crippen LogP contribution in [0.1, 0.15) is 262 Å². The number of pyridine rings is 1. The zero-order valence-corrected chi connectivity index (χ0v) is 42.8. The van der Waals surface area contributed by atoms with Gasteiger partial charge in [-0.1, -0.05) is 209 Å². The number of rotatable bonds is 48. The summed E-state index contributed by atoms with van der Waals surface area (Å²) in [5.41, 5.74) is 0.569. The fourth-order valence-electron chi connectivity index (χ4n) is 7.71. The molecule has 0 aromatic carbocycles. The molecule has 0 atom stereocenters. The van der Waals surface area contributed by atoms with Crippen molar-refractivity contribution in [1.29, 1.82) is 0 Å². The minimum Gasteiger partial charge on any atom is -0.478 e. The van der Waals surface area contributed by atoms with E-state index in [1.165, 1.54) is 173 Å². The Labute approximate surface area is 403 Å². The van der Waals surface area contributed by atoms with E-state index in [0.717, 1.165) is 57.8 Å². The van der Waals surface area contributed by atoms with Gasteiger partial charge in [-0.2, -0.15) is 4.98 Å². The van der Waals surface area contributed by atoms with Crippen molar-refractivity contribution in [3.63, 3.8) is 0 Å². The van der Waals surface area contributed by atoms with E-state index >= 15 is 0 Å². The Kier molecular flexibility index (Phi) is 46.0. The molecule has 1 N–H and O–H groups in total. The molecule has 0 spiro atoms. The average Bonchev–Trinajstić information content (AvgIpc) is 3.31. The summed E-state index contributed by atoms with van der Waals surface area (Å²) in [4.78, 5) is 18.0. The molecule has 0 unspecified atom stereocenters. The predicted molar refractivity (Wildman–Crippen MR) is 286 cm³/mol. The summed E-state index contributed by atoms with van der Waals surface area (Å²) < 4.78 is 12.3. The maximum atomic E-state index is 13.3. The van der Waals surface area contributed by atoms with Crippen LogP contribution in [-0.4, -0.2) is 30.6 Å². The number of ether oxygens (including phenoxy) is 2. The second kappa shape index (κ2) is 50.1. The first-order valence-electron chi connectivity index (χ1n) is 27.7. The van der Waals surface area contributed by atoms with Gasteiger partial charge in [0.15, 0.2) is 0 Å². The lowest BCUT2D eigenvalue weighted by Crippen LogP contribution is -2.24. The predicted octanol–water partition coefficient (Wildman–Crippen LogP) is 19.0. The van der Waals surface area contributed by atoms with Gasteiger partial charge in [-0.25, -0.2) is 0 Å². The van der Waals surface area contributed by atoms with Crippen LogP contribution in [0.15, 0.2) is 85.0 Å². The molecular formula is C60H102N2O3. The molecule has 0 aliphatic carbocycles. The van der Waals surface area contributed by atoms with Gasteiger partial charge in [0.1, 0.15) is 0 Å². The van der Waals surface area contributed by atoms with Crippen LogP contribution in [-0.2, 0) is 0 Å². The third-order valence-electron chi connectivity index (χ3n) is 11.9. The number of amides is 1. The third kappa shape index (κ3) is 43.0. The fraction of sp³-hybridized carbons (Fsp3) is 0.700. The van der Waals surface area contributed by atoms with Crippen LogP contribution >= 0.6 is 0 Å². The molecule has 1 rings (SSSR count). The number of hydrogen-bond acceptors (Lipinski definition) is 4. The van der Waals surface area contributed by atoms with Gasteiger partial charge < -0.3 is 14.8 Å². The summed E-state index contributed by atoms with van der Waals surface area (Å²) in [5, 5.41) is 3.15. The molecule has 5 nitrogen and oxygen atoms in total. The van der Waals surface area contributed by atoms with Crippen LogP contribution in [0, 0.1) is 0 Å². The summed E-state index contributed by atoms with van der Waals surface area (Å²) in [6, 6.07) is 3.58. The van der Waals surface area contributed by atoms with E-state index in [4.69, 9.17) is 9.47 Å². The molecule has 0 radical (unpaired) electrons. The Balaban J connectivity index is 2.40. The van der Waals surface area contributed by atoms with Gasteiger partial charge in [0.25, 0.3) is 5.91 Å². The second-order valence-corrected chi connectivity index (χ2v) is 18.2. The van der Waals surface area contributed by atoms with Crippen molar-refractivity contribution in [3.05, 3.63) is 90.6 Å². The number of carbonyl (C=O) groups excluding carboxylic acids is 1. The summed E-state index contributed by atoms with van der Waals surface area (Å²) >= 11 is 0. The topological polar surface area (TPSA) is 60.5 Å². The molecule has 0 bridgehead atoms. The standard InChI is InChI=1S/C60H102N2O3/c1-4-7-10-13-16-19-22-25-28-31-34-37-40-43-46-49-52-61-60(63)57-55-58(64-53-50-47-44-41-38-35-32-29-26-23-20-17-14-11-8-5-2)62-59(56-57)65-54-51-48-45-42-39-36-33-30-27-24-21-18-15-12-9-6-3/h16-21,25-30,55-56H,4-15,22-24,31-54H2,1-3H3,(H,61,63)/b19-16-,20-17-,21-18-,28-25-,29-26-,30-27-. The summed E-state index contributed by atoms with van der Waals surface area (Å²) in [6.07, 6.45) is 71.6. The Morgan fingerprint density at radius 1 is 0.400 bits per heavy atom. The second-order valence-electron chi connectivity index (χ2n) is 18.2. The first-order valence-corrected chi connectivity index (χ1v) is 27.7. The number of carbonyl (C=O) groups is 1. The maximum Gasteiger partial charge on any atom is 0.251 e. The normalized spacial score (nSPS) is 12.2. The molecule has 0 saturated heterocycles. The van der Waals surface area contributed by atoms with Crippen molar-refractivity contribution in [2.75, 3.05) is 19.8 Å². The lowest BCUT2D eigenvalue weighted by molar-refractivity contribution is 0.0951. The van der Waals surface area contributed by atoms with Crippen LogP contribution in [0.2, 0.25) is 0 Å². The van der Waals surface area contributed by atoms with E-state index in [2.05, 4.69) is 104 Å². The zero-order chi connectivity index (χ0) is 46.6. The van der Waals surface area contributed by atoms with Crippen molar-refractivity contribution in [1.82, 2.24) is 10.3 Å². The van der Waals surface area contributed by atoms with E-state index in [1.54, 1.807) is 12.1 Å². The van der Waals surface area contributed by atoms with Crippen LogP contribution in [0.4, 0.5) is 0 Å². The Hall–Kier alpha value is -3.34. The van der Waals surface area contributed by atoms with Gasteiger partial charge in [-0.3, -0.25) is 4.79 Å². The fourth-order valence-corrected chi connectivity index (χ4v) is 7.71. The lowest BCUT2D eigenvalue weighted by Gasteiger charge is -2.12. The highest BCUT2D eigenvalue weighted by molar-refractivity contribution is 5.94. The van der Waals surface area contributed by atoms with Crippen molar-refractivity contribution in [3.8, 4) is 11.8 Å². The molecule has 65 heavy (non-hydrogen) atoms. The molecule has 1 heterocycles. The molecule has 1 aromatic rings. The number of unbranched alkanes of at least 4 members (excludes halogenated alkanes) is 27. The van der Waals surface area contributed by atoms with Gasteiger partial charge in [0.05, 0.1) is 18.8 Å². The van der Waals surface area contributed by atoms with E-state index in [9.17, 15) is 4.79 Å². The van der Waals surface area contributed by atoms with Gasteiger partial charge in [0.2, 0.25) is 11.8 Å². The average molecular weight is 899 g/mol. The van der Waals surface area contributed by atoms with E-state index in [0.29, 0.717) is 37.1 Å². The molecule has 0 aliphatic heterocycles. The highest BCUT2D eigenvalue weighted by atomic mass is 16.5. The first kappa shape index (κ1) is 59.7. The zero-order valence-electron chi connectivity index (χ0n) is 42.8. The third-order valence-corrected chi connectivity index (χ3v) is 11.9. The molecule has 0 aliphatic rings. The number of hydrogen-bond donors (Lipinski definition) is 1. The monoisotopic (exact) mass is 899 g/mol. The smallest absolute Gasteiger partial charge is 0.251 e. The number of aromatic nitrogens is 1. The maximum absolute atomic E-state index is 13.3. The molecular weight excluding hydrogens is 797 g/mol. The van der Waals surface area contributed by atoms with Crippen molar-refractivity contribution < 1.29 is 14.3 Å². The number of allylic oxidation sites excluding steroid dienone is 12. The van der Waals surface area contributed by atoms with Gasteiger partial charge in [-0.05, 0) is 116 Å². The minimum atomic E-state index is -0.0767. The lowest BCUT2D eigenvalue weighted by atomic mass is 10.1. The van der Waals surface area contributed by atoms with E-state index in [1.807, 2.05) is 0 Å². The molecule has 5 heteroatoms. The van der Waals surface area contributed by atoms with Crippen molar-refractivity contribution >= 4 is 5.91 Å². The Morgan fingerprint density at radius 2 is 0.692 bits per heavy atom. The van der Waals surface area contributed by atoms with Crippen LogP contribution in [0.25, 0.3) is 0 Å². The number of nitrogens with zero attached hydrogens (tertiary/aromatic N) is 1. The molecule has 370 valence electrons. The molecule has 1 amide bonds. The quantitative estimate of drug-likeness (QED) is 0.0523. The minimum absolute atomic E-state index is 0.0767. The van der Waals surface area contributed by atoms with Gasteiger partial charge in [0, 0.05) is 18.7 Å². The largest absolute Gasteiger partial charge is 0.478 e. The Bertz CT molecular complexity index is 1290. The molecule has 0 saturated carbocycles. The van der Waals surface area contributed by atoms with Crippen molar-refractivity contribution in [2.24, 2.45) is 0 Å². The summed E-state index contributed by atoms with van der Waals surface area (Å²) in [7, 11) is 0. The summed E-state index contributed by atoms with van der Waals surface area (Å²) in [5.74, 6) is 0.897. The highest BCUT2D eigenvalue weighted by Gasteiger charge is 2.12. The first-order chi connectivity index (χ1) is 32.2. The molecule has 0 fully saturated rings. The Morgan fingerprint density at radius 3 is 1.03 bits per heavy atom. The van der Waals surface area contributed by atoms with Gasteiger partial charge >= 0.3 is 0 Å². The van der Waals surface area contributed by atoms with E-state index < -0.39 is 0 Å². The van der Waals surface area contributed by atoms with Crippen LogP contribution in [0.3, 0.4) is 0 Å². The highest BCUT2D eigenvalue weighted by Crippen LogP contribution is 2.20. The van der Waals surface area contributed by atoms with E-state index in [-0.39, 0.29) is 5.91 Å². The van der Waals surface area contributed by atoms with Gasteiger partial charge in [-0.15, -0.1) is 0 Å². The van der Waals surface area contributed by atoms with Crippen molar-refractivity contribution in [2.45, 2.75) is 252 Å². The van der Waals surface area contributed by atoms with Crippen LogP contribution in [0.5, 0.6) is 11.8 Å². The summed E-state index contributed by atoms with van der Waals surface area (Å²) in [6.45, 7) is 8.66. The van der Waals surface area contributed by atoms with Crippen LogP contribution < -0.4 is 14.8 Å². The number of nitrogens with one attached hydrogen (secondary N) is 1. The SMILES string of the molecule is CCCCC/C=C\C/C=C\CCCCCCCCNC(=O)c1cc(OCCCCCCCC/C=C\C/C=C\CCCCC)nc(OCCCCCCCC/C=C\C/C=C\CCCCC)c1.